The van der Waals surface area contributed by atoms with Crippen molar-refractivity contribution >= 4 is 10.0 Å². The average Bonchev–Trinajstić information content (AvgIpc) is 2.68. The van der Waals surface area contributed by atoms with Crippen LogP contribution >= 0.6 is 0 Å². The van der Waals surface area contributed by atoms with Crippen LogP contribution in [0.5, 0.6) is 0 Å². The Balaban J connectivity index is 1.62. The summed E-state index contributed by atoms with van der Waals surface area (Å²) < 4.78 is 24.9. The van der Waals surface area contributed by atoms with Gasteiger partial charge in [-0.05, 0) is 50.9 Å². The summed E-state index contributed by atoms with van der Waals surface area (Å²) in [5.74, 6) is 0.306. The van der Waals surface area contributed by atoms with Crippen LogP contribution in [0.25, 0.3) is 0 Å². The molecule has 0 aromatic carbocycles. The molecule has 2 bridgehead atoms. The van der Waals surface area contributed by atoms with Gasteiger partial charge in [-0.15, -0.1) is 0 Å². The molecule has 0 radical (unpaired) electrons. The van der Waals surface area contributed by atoms with Gasteiger partial charge in [0.2, 0.25) is 10.0 Å². The molecule has 0 aromatic heterocycles. The fourth-order valence-corrected chi connectivity index (χ4v) is 5.37. The highest BCUT2D eigenvalue weighted by atomic mass is 32.2. The minimum atomic E-state index is -3.09. The second-order valence-electron chi connectivity index (χ2n) is 7.10. The number of nitrogens with one attached hydrogen (secondary N) is 1. The van der Waals surface area contributed by atoms with Gasteiger partial charge in [0.15, 0.2) is 0 Å². The monoisotopic (exact) mass is 302 g/mol. The van der Waals surface area contributed by atoms with E-state index in [1.54, 1.807) is 4.31 Å². The minimum absolute atomic E-state index is 0.306. The van der Waals surface area contributed by atoms with Gasteiger partial charge in [-0.3, -0.25) is 0 Å². The smallest absolute Gasteiger partial charge is 0.211 e. The number of aliphatic hydroxyl groups is 1. The maximum atomic E-state index is 11.7. The molecule has 0 amide bonds. The molecule has 0 aliphatic carbocycles. The molecule has 0 aromatic rings. The molecular formula is C14H26N2O3S. The molecule has 3 aliphatic heterocycles. The van der Waals surface area contributed by atoms with Crippen LogP contribution in [0, 0.1) is 5.92 Å². The standard InChI is InChI=1S/C14H26N2O3S/c1-20(18,19)16-6-2-3-11(10-16)7-14(17)8-12-4-5-13(9-14)15-12/h11-13,15,17H,2-10H2,1H3. The van der Waals surface area contributed by atoms with E-state index in [0.29, 0.717) is 31.1 Å². The Kier molecular flexibility index (Phi) is 3.86. The lowest BCUT2D eigenvalue weighted by Crippen LogP contribution is -2.50. The number of fused-ring (bicyclic) bond motifs is 2. The molecular weight excluding hydrogens is 276 g/mol. The molecule has 3 saturated heterocycles. The van der Waals surface area contributed by atoms with E-state index in [4.69, 9.17) is 0 Å². The number of sulfonamides is 1. The maximum Gasteiger partial charge on any atom is 0.211 e. The van der Waals surface area contributed by atoms with E-state index in [0.717, 1.165) is 32.1 Å². The topological polar surface area (TPSA) is 69.6 Å². The number of rotatable bonds is 3. The van der Waals surface area contributed by atoms with Crippen LogP contribution in [0.15, 0.2) is 0 Å². The zero-order valence-electron chi connectivity index (χ0n) is 12.2. The Hall–Kier alpha value is -0.170. The van der Waals surface area contributed by atoms with E-state index in [-0.39, 0.29) is 0 Å². The predicted molar refractivity (Wildman–Crippen MR) is 77.9 cm³/mol. The molecule has 3 unspecified atom stereocenters. The zero-order valence-corrected chi connectivity index (χ0v) is 13.0. The molecule has 3 fully saturated rings. The summed E-state index contributed by atoms with van der Waals surface area (Å²) in [5, 5.41) is 14.4. The zero-order chi connectivity index (χ0) is 14.4. The highest BCUT2D eigenvalue weighted by Gasteiger charge is 2.44. The third-order valence-electron chi connectivity index (χ3n) is 5.21. The lowest BCUT2D eigenvalue weighted by atomic mass is 9.78. The lowest BCUT2D eigenvalue weighted by molar-refractivity contribution is -0.0320. The molecule has 116 valence electrons. The Labute approximate surface area is 121 Å². The first kappa shape index (κ1) is 14.8. The second-order valence-corrected chi connectivity index (χ2v) is 9.09. The summed E-state index contributed by atoms with van der Waals surface area (Å²) in [6.45, 7) is 1.23. The first-order valence-electron chi connectivity index (χ1n) is 7.78. The Morgan fingerprint density at radius 3 is 2.50 bits per heavy atom. The van der Waals surface area contributed by atoms with Crippen LogP contribution in [0.3, 0.4) is 0 Å². The first-order chi connectivity index (χ1) is 9.34. The van der Waals surface area contributed by atoms with Gasteiger partial charge >= 0.3 is 0 Å². The summed E-state index contributed by atoms with van der Waals surface area (Å²) in [6.07, 6.45) is 8.01. The van der Waals surface area contributed by atoms with Gasteiger partial charge in [-0.1, -0.05) is 0 Å². The minimum Gasteiger partial charge on any atom is -0.390 e. The van der Waals surface area contributed by atoms with E-state index in [9.17, 15) is 13.5 Å². The quantitative estimate of drug-likeness (QED) is 0.805. The van der Waals surface area contributed by atoms with Crippen LogP contribution in [-0.4, -0.2) is 54.9 Å². The van der Waals surface area contributed by atoms with Gasteiger partial charge in [-0.2, -0.15) is 0 Å². The third-order valence-corrected chi connectivity index (χ3v) is 6.48. The van der Waals surface area contributed by atoms with Gasteiger partial charge in [-0.25, -0.2) is 12.7 Å². The van der Waals surface area contributed by atoms with E-state index in [1.807, 2.05) is 0 Å². The van der Waals surface area contributed by atoms with Crippen molar-refractivity contribution in [2.24, 2.45) is 5.92 Å². The molecule has 3 atom stereocenters. The van der Waals surface area contributed by atoms with Crippen molar-refractivity contribution in [2.45, 2.75) is 62.6 Å². The molecule has 0 spiro atoms. The van der Waals surface area contributed by atoms with Crippen molar-refractivity contribution in [1.82, 2.24) is 9.62 Å². The SMILES string of the molecule is CS(=O)(=O)N1CCCC(CC2(O)CC3CCC(C2)N3)C1. The van der Waals surface area contributed by atoms with E-state index in [2.05, 4.69) is 5.32 Å². The molecule has 3 heterocycles. The molecule has 20 heavy (non-hydrogen) atoms. The summed E-state index contributed by atoms with van der Waals surface area (Å²) in [7, 11) is -3.09. The van der Waals surface area contributed by atoms with E-state index >= 15 is 0 Å². The van der Waals surface area contributed by atoms with Gasteiger partial charge in [0.1, 0.15) is 0 Å². The first-order valence-corrected chi connectivity index (χ1v) is 9.62. The van der Waals surface area contributed by atoms with Crippen LogP contribution in [0.2, 0.25) is 0 Å². The average molecular weight is 302 g/mol. The van der Waals surface area contributed by atoms with Gasteiger partial charge in [0, 0.05) is 25.2 Å². The van der Waals surface area contributed by atoms with E-state index in [1.165, 1.54) is 19.1 Å². The molecule has 0 saturated carbocycles. The van der Waals surface area contributed by atoms with Crippen molar-refractivity contribution in [3.63, 3.8) is 0 Å². The number of piperidine rings is 2. The van der Waals surface area contributed by atoms with E-state index < -0.39 is 15.6 Å². The Morgan fingerprint density at radius 1 is 1.25 bits per heavy atom. The van der Waals surface area contributed by atoms with Crippen LogP contribution < -0.4 is 5.32 Å². The van der Waals surface area contributed by atoms with Crippen molar-refractivity contribution in [3.05, 3.63) is 0 Å². The Bertz CT molecular complexity index is 453. The lowest BCUT2D eigenvalue weighted by Gasteiger charge is -2.41. The fraction of sp³-hybridized carbons (Fsp3) is 1.00. The van der Waals surface area contributed by atoms with Gasteiger partial charge in [0.25, 0.3) is 0 Å². The van der Waals surface area contributed by atoms with Crippen molar-refractivity contribution < 1.29 is 13.5 Å². The molecule has 3 rings (SSSR count). The summed E-state index contributed by atoms with van der Waals surface area (Å²) in [5.41, 5.74) is -0.581. The van der Waals surface area contributed by atoms with Crippen LogP contribution in [0.4, 0.5) is 0 Å². The van der Waals surface area contributed by atoms with Crippen molar-refractivity contribution in [3.8, 4) is 0 Å². The van der Waals surface area contributed by atoms with Crippen LogP contribution in [0.1, 0.15) is 44.9 Å². The highest BCUT2D eigenvalue weighted by Crippen LogP contribution is 2.39. The predicted octanol–water partition coefficient (Wildman–Crippen LogP) is 0.694. The second kappa shape index (κ2) is 5.23. The Morgan fingerprint density at radius 2 is 1.90 bits per heavy atom. The van der Waals surface area contributed by atoms with Crippen LogP contribution in [-0.2, 0) is 10.0 Å². The number of hydrogen-bond acceptors (Lipinski definition) is 4. The summed E-state index contributed by atoms with van der Waals surface area (Å²) >= 11 is 0. The number of nitrogens with zero attached hydrogens (tertiary/aromatic N) is 1. The summed E-state index contributed by atoms with van der Waals surface area (Å²) in [6, 6.07) is 0.932. The van der Waals surface area contributed by atoms with Crippen molar-refractivity contribution in [1.29, 1.82) is 0 Å². The maximum absolute atomic E-state index is 11.7. The van der Waals surface area contributed by atoms with Crippen molar-refractivity contribution in [2.75, 3.05) is 19.3 Å². The molecule has 3 aliphatic rings. The fourth-order valence-electron chi connectivity index (χ4n) is 4.42. The normalized spacial score (nSPS) is 42.8. The van der Waals surface area contributed by atoms with Gasteiger partial charge < -0.3 is 10.4 Å². The van der Waals surface area contributed by atoms with Gasteiger partial charge in [0.05, 0.1) is 11.9 Å². The highest BCUT2D eigenvalue weighted by molar-refractivity contribution is 7.88. The third kappa shape index (κ3) is 3.18. The molecule has 5 nitrogen and oxygen atoms in total. The molecule has 6 heteroatoms. The molecule has 2 N–H and O–H groups in total. The number of hydrogen-bond donors (Lipinski definition) is 2. The largest absolute Gasteiger partial charge is 0.390 e. The summed E-state index contributed by atoms with van der Waals surface area (Å²) in [4.78, 5) is 0.